The molecule has 0 N–H and O–H groups in total. The van der Waals surface area contributed by atoms with Gasteiger partial charge in [0, 0.05) is 0 Å². The summed E-state index contributed by atoms with van der Waals surface area (Å²) in [6.45, 7) is 9.63. The largest absolute Gasteiger partial charge is 0.423 e. The van der Waals surface area contributed by atoms with Crippen molar-refractivity contribution in [2.24, 2.45) is 0 Å². The van der Waals surface area contributed by atoms with Crippen molar-refractivity contribution in [3.05, 3.63) is 93.5 Å². The molecule has 0 aliphatic carbocycles. The summed E-state index contributed by atoms with van der Waals surface area (Å²) in [6.07, 6.45) is 0.632. The summed E-state index contributed by atoms with van der Waals surface area (Å²) in [6, 6.07) is 16.3. The Hall–Kier alpha value is -3.40. The second kappa shape index (κ2) is 8.95. The van der Waals surface area contributed by atoms with E-state index in [9.17, 15) is 9.59 Å². The fourth-order valence-corrected chi connectivity index (χ4v) is 3.13. The van der Waals surface area contributed by atoms with Crippen LogP contribution < -0.4 is 9.47 Å². The van der Waals surface area contributed by atoms with Gasteiger partial charge in [-0.2, -0.15) is 0 Å². The number of hydrogen-bond acceptors (Lipinski definition) is 4. The Morgan fingerprint density at radius 3 is 1.63 bits per heavy atom. The van der Waals surface area contributed by atoms with Crippen molar-refractivity contribution >= 4 is 11.9 Å². The van der Waals surface area contributed by atoms with Crippen molar-refractivity contribution in [2.45, 2.75) is 41.0 Å². The number of hydrogen-bond donors (Lipinski definition) is 0. The molecule has 3 aromatic rings. The summed E-state index contributed by atoms with van der Waals surface area (Å²) in [5.74, 6) is 0.182. The zero-order valence-corrected chi connectivity index (χ0v) is 18.0. The second-order valence-electron chi connectivity index (χ2n) is 7.48. The SMILES string of the molecule is CCc1cc(OC(=O)c2ccc(C)cc2)c(C)c(C)c1OC(=O)c1ccc(C)cc1. The number of benzene rings is 3. The molecule has 0 atom stereocenters. The molecule has 0 aliphatic rings. The van der Waals surface area contributed by atoms with Crippen LogP contribution in [0.25, 0.3) is 0 Å². The van der Waals surface area contributed by atoms with Crippen LogP contribution in [0.4, 0.5) is 0 Å². The van der Waals surface area contributed by atoms with Crippen molar-refractivity contribution in [3.63, 3.8) is 0 Å². The van der Waals surface area contributed by atoms with Crippen LogP contribution in [0.5, 0.6) is 11.5 Å². The summed E-state index contributed by atoms with van der Waals surface area (Å²) < 4.78 is 11.4. The highest BCUT2D eigenvalue weighted by molar-refractivity contribution is 5.92. The molecular formula is C26H26O4. The van der Waals surface area contributed by atoms with Crippen molar-refractivity contribution < 1.29 is 19.1 Å². The van der Waals surface area contributed by atoms with Gasteiger partial charge in [0.05, 0.1) is 11.1 Å². The van der Waals surface area contributed by atoms with E-state index in [0.29, 0.717) is 29.0 Å². The maximum Gasteiger partial charge on any atom is 0.343 e. The van der Waals surface area contributed by atoms with Gasteiger partial charge >= 0.3 is 11.9 Å². The van der Waals surface area contributed by atoms with E-state index in [4.69, 9.17) is 9.47 Å². The Balaban J connectivity index is 1.88. The topological polar surface area (TPSA) is 52.6 Å². The van der Waals surface area contributed by atoms with Gasteiger partial charge in [-0.1, -0.05) is 42.3 Å². The van der Waals surface area contributed by atoms with E-state index in [1.54, 1.807) is 30.3 Å². The van der Waals surface area contributed by atoms with Gasteiger partial charge in [-0.3, -0.25) is 0 Å². The number of ether oxygens (including phenoxy) is 2. The molecule has 4 heteroatoms. The molecular weight excluding hydrogens is 376 g/mol. The monoisotopic (exact) mass is 402 g/mol. The maximum atomic E-state index is 12.6. The van der Waals surface area contributed by atoms with Crippen LogP contribution in [0, 0.1) is 27.7 Å². The third-order valence-corrected chi connectivity index (χ3v) is 5.22. The summed E-state index contributed by atoms with van der Waals surface area (Å²) in [5.41, 5.74) is 5.49. The lowest BCUT2D eigenvalue weighted by Gasteiger charge is -2.17. The normalized spacial score (nSPS) is 10.6. The van der Waals surface area contributed by atoms with E-state index < -0.39 is 11.9 Å². The molecule has 0 heterocycles. The zero-order chi connectivity index (χ0) is 21.8. The van der Waals surface area contributed by atoms with E-state index in [-0.39, 0.29) is 0 Å². The summed E-state index contributed by atoms with van der Waals surface area (Å²) in [4.78, 5) is 25.2. The molecule has 0 saturated carbocycles. The standard InChI is InChI=1S/C26H26O4/c1-6-20-15-23(29-25(27)21-11-7-16(2)8-12-21)18(4)19(5)24(20)30-26(28)22-13-9-17(3)10-14-22/h7-15H,6H2,1-5H3. The lowest BCUT2D eigenvalue weighted by molar-refractivity contribution is 0.0716. The molecule has 154 valence electrons. The lowest BCUT2D eigenvalue weighted by atomic mass is 10.0. The highest BCUT2D eigenvalue weighted by Gasteiger charge is 2.20. The summed E-state index contributed by atoms with van der Waals surface area (Å²) >= 11 is 0. The molecule has 0 saturated heterocycles. The first-order valence-electron chi connectivity index (χ1n) is 10.0. The predicted octanol–water partition coefficient (Wildman–Crippen LogP) is 5.92. The Morgan fingerprint density at radius 2 is 1.17 bits per heavy atom. The van der Waals surface area contributed by atoms with Crippen molar-refractivity contribution in [1.29, 1.82) is 0 Å². The van der Waals surface area contributed by atoms with Gasteiger partial charge in [0.15, 0.2) is 0 Å². The van der Waals surface area contributed by atoms with Crippen LogP contribution >= 0.6 is 0 Å². The third-order valence-electron chi connectivity index (χ3n) is 5.22. The number of aryl methyl sites for hydroxylation is 3. The molecule has 0 bridgehead atoms. The number of carbonyl (C=O) groups is 2. The van der Waals surface area contributed by atoms with Crippen molar-refractivity contribution in [2.75, 3.05) is 0 Å². The van der Waals surface area contributed by atoms with Crippen LogP contribution in [0.1, 0.15) is 55.5 Å². The van der Waals surface area contributed by atoms with E-state index in [0.717, 1.165) is 27.8 Å². The number of rotatable bonds is 5. The Kier molecular flexibility index (Phi) is 6.36. The quantitative estimate of drug-likeness (QED) is 0.393. The molecule has 4 nitrogen and oxygen atoms in total. The molecule has 0 aromatic heterocycles. The highest BCUT2D eigenvalue weighted by atomic mass is 16.5. The van der Waals surface area contributed by atoms with Gasteiger partial charge in [-0.05, 0) is 81.1 Å². The minimum atomic E-state index is -0.413. The third kappa shape index (κ3) is 4.60. The maximum absolute atomic E-state index is 12.6. The zero-order valence-electron chi connectivity index (χ0n) is 18.0. The summed E-state index contributed by atoms with van der Waals surface area (Å²) in [5, 5.41) is 0. The molecule has 0 fully saturated rings. The van der Waals surface area contributed by atoms with Gasteiger partial charge < -0.3 is 9.47 Å². The Morgan fingerprint density at radius 1 is 0.700 bits per heavy atom. The first-order valence-corrected chi connectivity index (χ1v) is 10.0. The Labute approximate surface area is 177 Å². The van der Waals surface area contributed by atoms with Crippen LogP contribution in [-0.4, -0.2) is 11.9 Å². The minimum absolute atomic E-state index is 0.406. The average Bonchev–Trinajstić information content (AvgIpc) is 2.74. The van der Waals surface area contributed by atoms with Crippen LogP contribution in [0.3, 0.4) is 0 Å². The molecule has 0 amide bonds. The van der Waals surface area contributed by atoms with Crippen molar-refractivity contribution in [3.8, 4) is 11.5 Å². The average molecular weight is 402 g/mol. The van der Waals surface area contributed by atoms with E-state index >= 15 is 0 Å². The van der Waals surface area contributed by atoms with E-state index in [2.05, 4.69) is 0 Å². The van der Waals surface area contributed by atoms with Crippen LogP contribution in [-0.2, 0) is 6.42 Å². The van der Waals surface area contributed by atoms with Gasteiger partial charge in [-0.25, -0.2) is 9.59 Å². The Bertz CT molecular complexity index is 1080. The van der Waals surface area contributed by atoms with E-state index in [1.807, 2.05) is 58.9 Å². The fraction of sp³-hybridized carbons (Fsp3) is 0.231. The minimum Gasteiger partial charge on any atom is -0.423 e. The van der Waals surface area contributed by atoms with E-state index in [1.165, 1.54) is 0 Å². The van der Waals surface area contributed by atoms with Crippen LogP contribution in [0.2, 0.25) is 0 Å². The fourth-order valence-electron chi connectivity index (χ4n) is 3.13. The van der Waals surface area contributed by atoms with Crippen molar-refractivity contribution in [1.82, 2.24) is 0 Å². The number of carbonyl (C=O) groups excluding carboxylic acids is 2. The first kappa shape index (κ1) is 21.3. The van der Waals surface area contributed by atoms with Gasteiger partial charge in [0.25, 0.3) is 0 Å². The summed E-state index contributed by atoms with van der Waals surface area (Å²) in [7, 11) is 0. The van der Waals surface area contributed by atoms with Gasteiger partial charge in [0.2, 0.25) is 0 Å². The second-order valence-corrected chi connectivity index (χ2v) is 7.48. The van der Waals surface area contributed by atoms with Gasteiger partial charge in [-0.15, -0.1) is 0 Å². The molecule has 3 aromatic carbocycles. The molecule has 3 rings (SSSR count). The first-order chi connectivity index (χ1) is 14.3. The lowest BCUT2D eigenvalue weighted by Crippen LogP contribution is -2.13. The molecule has 0 radical (unpaired) electrons. The smallest absolute Gasteiger partial charge is 0.343 e. The predicted molar refractivity (Wildman–Crippen MR) is 118 cm³/mol. The highest BCUT2D eigenvalue weighted by Crippen LogP contribution is 2.35. The number of esters is 2. The molecule has 0 aliphatic heterocycles. The van der Waals surface area contributed by atoms with Gasteiger partial charge in [0.1, 0.15) is 11.5 Å². The molecule has 0 unspecified atom stereocenters. The van der Waals surface area contributed by atoms with Crippen LogP contribution in [0.15, 0.2) is 54.6 Å². The molecule has 30 heavy (non-hydrogen) atoms. The molecule has 0 spiro atoms.